The molecule has 1 N–H and O–H groups in total. The maximum atomic E-state index is 13.1. The van der Waals surface area contributed by atoms with Crippen LogP contribution in [0.3, 0.4) is 0 Å². The fourth-order valence-electron chi connectivity index (χ4n) is 2.21. The van der Waals surface area contributed by atoms with Gasteiger partial charge in [0.1, 0.15) is 5.82 Å². The molecule has 0 atom stereocenters. The zero-order valence-electron chi connectivity index (χ0n) is 13.9. The van der Waals surface area contributed by atoms with Gasteiger partial charge in [-0.15, -0.1) is 0 Å². The Bertz CT molecular complexity index is 770. The van der Waals surface area contributed by atoms with Crippen LogP contribution in [0.1, 0.15) is 19.4 Å². The van der Waals surface area contributed by atoms with Gasteiger partial charge in [0.25, 0.3) is 0 Å². The summed E-state index contributed by atoms with van der Waals surface area (Å²) >= 11 is 9.38. The lowest BCUT2D eigenvalue weighted by Gasteiger charge is -2.14. The van der Waals surface area contributed by atoms with Crippen molar-refractivity contribution in [3.05, 3.63) is 51.2 Å². The van der Waals surface area contributed by atoms with Crippen LogP contribution >= 0.6 is 27.5 Å². The molecule has 4 nitrogen and oxygen atoms in total. The summed E-state index contributed by atoms with van der Waals surface area (Å²) < 4.78 is 24.9. The monoisotopic (exact) mass is 429 g/mol. The van der Waals surface area contributed by atoms with Crippen molar-refractivity contribution in [3.63, 3.8) is 0 Å². The number of amides is 1. The molecular formula is C18H18BrClFNO3. The quantitative estimate of drug-likeness (QED) is 0.655. The molecular weight excluding hydrogens is 413 g/mol. The van der Waals surface area contributed by atoms with Gasteiger partial charge in [-0.05, 0) is 49.7 Å². The van der Waals surface area contributed by atoms with Gasteiger partial charge < -0.3 is 14.8 Å². The number of ether oxygens (including phenoxy) is 2. The van der Waals surface area contributed by atoms with Gasteiger partial charge in [0, 0.05) is 4.47 Å². The van der Waals surface area contributed by atoms with Gasteiger partial charge in [-0.2, -0.15) is 0 Å². The second kappa shape index (κ2) is 9.06. The lowest BCUT2D eigenvalue weighted by atomic mass is 10.1. The first-order valence-electron chi connectivity index (χ1n) is 7.77. The van der Waals surface area contributed by atoms with E-state index < -0.39 is 5.82 Å². The lowest BCUT2D eigenvalue weighted by Crippen LogP contribution is -2.15. The van der Waals surface area contributed by atoms with Crippen molar-refractivity contribution in [2.24, 2.45) is 0 Å². The molecule has 0 saturated heterocycles. The van der Waals surface area contributed by atoms with Gasteiger partial charge in [0.15, 0.2) is 11.5 Å². The maximum Gasteiger partial charge on any atom is 0.228 e. The second-order valence-corrected chi connectivity index (χ2v) is 6.37. The molecule has 0 aliphatic carbocycles. The van der Waals surface area contributed by atoms with Crippen molar-refractivity contribution >= 4 is 39.1 Å². The van der Waals surface area contributed by atoms with Crippen molar-refractivity contribution in [1.82, 2.24) is 0 Å². The fraction of sp³-hybridized carbons (Fsp3) is 0.278. The first kappa shape index (κ1) is 19.5. The summed E-state index contributed by atoms with van der Waals surface area (Å²) in [6, 6.07) is 7.36. The number of benzene rings is 2. The van der Waals surface area contributed by atoms with Crippen LogP contribution < -0.4 is 14.8 Å². The van der Waals surface area contributed by atoms with E-state index in [2.05, 4.69) is 21.2 Å². The van der Waals surface area contributed by atoms with E-state index >= 15 is 0 Å². The van der Waals surface area contributed by atoms with E-state index in [1.54, 1.807) is 12.1 Å². The Labute approximate surface area is 159 Å². The predicted molar refractivity (Wildman–Crippen MR) is 100 cm³/mol. The molecule has 0 spiro atoms. The number of hydrogen-bond acceptors (Lipinski definition) is 3. The van der Waals surface area contributed by atoms with E-state index in [4.69, 9.17) is 21.1 Å². The number of halogens is 3. The SMILES string of the molecule is CCOc1cc(Br)c(CC(=O)Nc2ccc(F)cc2Cl)cc1OCC. The summed E-state index contributed by atoms with van der Waals surface area (Å²) in [6.07, 6.45) is 0.0980. The highest BCUT2D eigenvalue weighted by Crippen LogP contribution is 2.34. The minimum atomic E-state index is -0.460. The van der Waals surface area contributed by atoms with Crippen LogP contribution in [-0.4, -0.2) is 19.1 Å². The van der Waals surface area contributed by atoms with Crippen LogP contribution in [0.5, 0.6) is 11.5 Å². The molecule has 0 aromatic heterocycles. The molecule has 0 heterocycles. The minimum absolute atomic E-state index is 0.0980. The number of carbonyl (C=O) groups is 1. The summed E-state index contributed by atoms with van der Waals surface area (Å²) in [5.41, 5.74) is 1.10. The Morgan fingerprint density at radius 1 is 1.16 bits per heavy atom. The third-order valence-corrected chi connectivity index (χ3v) is 4.32. The van der Waals surface area contributed by atoms with Crippen LogP contribution in [0.4, 0.5) is 10.1 Å². The standard InChI is InChI=1S/C18H18BrClFNO3/c1-3-24-16-7-11(13(19)10-17(16)25-4-2)8-18(23)22-15-6-5-12(21)9-14(15)20/h5-7,9-10H,3-4,8H2,1-2H3,(H,22,23). The Hall–Kier alpha value is -1.79. The highest BCUT2D eigenvalue weighted by molar-refractivity contribution is 9.10. The molecule has 134 valence electrons. The summed E-state index contributed by atoms with van der Waals surface area (Å²) in [5, 5.41) is 2.82. The highest BCUT2D eigenvalue weighted by atomic mass is 79.9. The Morgan fingerprint density at radius 2 is 1.80 bits per heavy atom. The Kier molecular flexibility index (Phi) is 7.08. The van der Waals surface area contributed by atoms with E-state index in [0.29, 0.717) is 30.4 Å². The number of carbonyl (C=O) groups excluding carboxylic acids is 1. The molecule has 2 aromatic carbocycles. The molecule has 0 aliphatic heterocycles. The van der Waals surface area contributed by atoms with Crippen molar-refractivity contribution in [2.45, 2.75) is 20.3 Å². The van der Waals surface area contributed by atoms with Gasteiger partial charge in [-0.25, -0.2) is 4.39 Å². The lowest BCUT2D eigenvalue weighted by molar-refractivity contribution is -0.115. The molecule has 2 rings (SSSR count). The van der Waals surface area contributed by atoms with E-state index in [1.165, 1.54) is 12.1 Å². The second-order valence-electron chi connectivity index (χ2n) is 5.11. The highest BCUT2D eigenvalue weighted by Gasteiger charge is 2.14. The van der Waals surface area contributed by atoms with E-state index in [-0.39, 0.29) is 17.4 Å². The minimum Gasteiger partial charge on any atom is -0.490 e. The van der Waals surface area contributed by atoms with E-state index in [9.17, 15) is 9.18 Å². The third-order valence-electron chi connectivity index (χ3n) is 3.27. The maximum absolute atomic E-state index is 13.1. The zero-order valence-corrected chi connectivity index (χ0v) is 16.2. The number of anilines is 1. The third kappa shape index (κ3) is 5.34. The van der Waals surface area contributed by atoms with Gasteiger partial charge >= 0.3 is 0 Å². The Balaban J connectivity index is 2.17. The van der Waals surface area contributed by atoms with Crippen molar-refractivity contribution in [3.8, 4) is 11.5 Å². The van der Waals surface area contributed by atoms with Crippen LogP contribution in [0.2, 0.25) is 5.02 Å². The predicted octanol–water partition coefficient (Wildman–Crippen LogP) is 5.22. The largest absolute Gasteiger partial charge is 0.490 e. The van der Waals surface area contributed by atoms with Gasteiger partial charge in [0.2, 0.25) is 5.91 Å². The van der Waals surface area contributed by atoms with Crippen molar-refractivity contribution in [2.75, 3.05) is 18.5 Å². The molecule has 7 heteroatoms. The van der Waals surface area contributed by atoms with Crippen LogP contribution in [0.25, 0.3) is 0 Å². The average Bonchev–Trinajstić information content (AvgIpc) is 2.55. The fourth-order valence-corrected chi connectivity index (χ4v) is 2.88. The van der Waals surface area contributed by atoms with Gasteiger partial charge in [0.05, 0.1) is 30.3 Å². The number of nitrogens with one attached hydrogen (secondary N) is 1. The molecule has 0 unspecified atom stereocenters. The molecule has 0 fully saturated rings. The molecule has 0 saturated carbocycles. The molecule has 0 bridgehead atoms. The van der Waals surface area contributed by atoms with Gasteiger partial charge in [-0.1, -0.05) is 27.5 Å². The van der Waals surface area contributed by atoms with Crippen LogP contribution in [0, 0.1) is 5.82 Å². The Morgan fingerprint density at radius 3 is 2.40 bits per heavy atom. The summed E-state index contributed by atoms with van der Waals surface area (Å²) in [7, 11) is 0. The summed E-state index contributed by atoms with van der Waals surface area (Å²) in [6.45, 7) is 4.76. The molecule has 2 aromatic rings. The normalized spacial score (nSPS) is 10.4. The molecule has 0 aliphatic rings. The van der Waals surface area contributed by atoms with E-state index in [0.717, 1.165) is 16.1 Å². The van der Waals surface area contributed by atoms with Gasteiger partial charge in [-0.3, -0.25) is 4.79 Å². The molecule has 0 radical (unpaired) electrons. The number of hydrogen-bond donors (Lipinski definition) is 1. The number of rotatable bonds is 7. The average molecular weight is 431 g/mol. The topological polar surface area (TPSA) is 47.6 Å². The molecule has 25 heavy (non-hydrogen) atoms. The summed E-state index contributed by atoms with van der Waals surface area (Å²) in [4.78, 5) is 12.3. The zero-order chi connectivity index (χ0) is 18.4. The molecule has 1 amide bonds. The first-order valence-corrected chi connectivity index (χ1v) is 8.94. The van der Waals surface area contributed by atoms with E-state index in [1.807, 2.05) is 13.8 Å². The van der Waals surface area contributed by atoms with Crippen molar-refractivity contribution in [1.29, 1.82) is 0 Å². The van der Waals surface area contributed by atoms with Crippen molar-refractivity contribution < 1.29 is 18.7 Å². The van der Waals surface area contributed by atoms with Crippen LogP contribution in [-0.2, 0) is 11.2 Å². The summed E-state index contributed by atoms with van der Waals surface area (Å²) in [5.74, 6) is 0.455. The first-order chi connectivity index (χ1) is 11.9. The van der Waals surface area contributed by atoms with Crippen LogP contribution in [0.15, 0.2) is 34.8 Å². The smallest absolute Gasteiger partial charge is 0.228 e.